The van der Waals surface area contributed by atoms with E-state index in [9.17, 15) is 19.8 Å². The lowest BCUT2D eigenvalue weighted by atomic mass is 9.86. The smallest absolute Gasteiger partial charge is 0.306 e. The van der Waals surface area contributed by atoms with Crippen molar-refractivity contribution in [3.63, 3.8) is 0 Å². The molecular weight excluding hydrogens is 376 g/mol. The van der Waals surface area contributed by atoms with E-state index in [2.05, 4.69) is 6.92 Å². The highest BCUT2D eigenvalue weighted by Crippen LogP contribution is 2.23. The van der Waals surface area contributed by atoms with Crippen LogP contribution in [0, 0.1) is 11.8 Å². The zero-order valence-corrected chi connectivity index (χ0v) is 18.9. The van der Waals surface area contributed by atoms with Crippen molar-refractivity contribution in [3.05, 3.63) is 35.9 Å². The lowest BCUT2D eigenvalue weighted by Gasteiger charge is -2.18. The summed E-state index contributed by atoms with van der Waals surface area (Å²) in [5, 5.41) is 19.1. The summed E-state index contributed by atoms with van der Waals surface area (Å²) in [5.74, 6) is -2.99. The van der Waals surface area contributed by atoms with Gasteiger partial charge in [-0.2, -0.15) is 0 Å². The Bertz CT molecular complexity index is 570. The molecule has 0 saturated heterocycles. The van der Waals surface area contributed by atoms with Crippen LogP contribution in [0.5, 0.6) is 0 Å². The van der Waals surface area contributed by atoms with Crippen LogP contribution in [0.15, 0.2) is 30.3 Å². The lowest BCUT2D eigenvalue weighted by molar-refractivity contribution is -0.146. The van der Waals surface area contributed by atoms with E-state index in [4.69, 9.17) is 0 Å². The number of unbranched alkanes of at least 4 members (excludes halogenated alkanes) is 11. The van der Waals surface area contributed by atoms with E-state index in [0.717, 1.165) is 24.8 Å². The summed E-state index contributed by atoms with van der Waals surface area (Å²) in [5.41, 5.74) is 0.944. The Morgan fingerprint density at radius 2 is 1.17 bits per heavy atom. The van der Waals surface area contributed by atoms with Gasteiger partial charge in [0.2, 0.25) is 0 Å². The van der Waals surface area contributed by atoms with Crippen molar-refractivity contribution < 1.29 is 19.8 Å². The molecule has 0 aliphatic carbocycles. The van der Waals surface area contributed by atoms with Crippen LogP contribution < -0.4 is 0 Å². The fourth-order valence-corrected chi connectivity index (χ4v) is 4.09. The number of carbonyl (C=O) groups is 2. The molecule has 1 aromatic carbocycles. The monoisotopic (exact) mass is 418 g/mol. The maximum Gasteiger partial charge on any atom is 0.306 e. The second-order valence-electron chi connectivity index (χ2n) is 8.67. The molecule has 0 radical (unpaired) electrons. The lowest BCUT2D eigenvalue weighted by Crippen LogP contribution is -2.24. The molecule has 4 heteroatoms. The Labute approximate surface area is 183 Å². The summed E-state index contributed by atoms with van der Waals surface area (Å²) in [6.45, 7) is 2.24. The molecule has 0 heterocycles. The van der Waals surface area contributed by atoms with Gasteiger partial charge in [0.15, 0.2) is 0 Å². The fourth-order valence-electron chi connectivity index (χ4n) is 4.09. The summed E-state index contributed by atoms with van der Waals surface area (Å²) in [4.78, 5) is 23.3. The standard InChI is InChI=1S/C26H42O4/c1-2-3-4-5-6-7-8-9-10-11-12-16-19-23(25(27)28)21-24(26(29)30)20-22-17-14-13-15-18-22/h13-15,17-18,23-24H,2-12,16,19-21H2,1H3,(H,27,28)(H,29,30). The van der Waals surface area contributed by atoms with Crippen molar-refractivity contribution in [1.29, 1.82) is 0 Å². The van der Waals surface area contributed by atoms with E-state index in [1.165, 1.54) is 57.8 Å². The summed E-state index contributed by atoms with van der Waals surface area (Å²) in [7, 11) is 0. The molecule has 0 aromatic heterocycles. The maximum atomic E-state index is 11.6. The molecule has 0 spiro atoms. The van der Waals surface area contributed by atoms with Crippen molar-refractivity contribution in [1.82, 2.24) is 0 Å². The molecule has 30 heavy (non-hydrogen) atoms. The summed E-state index contributed by atoms with van der Waals surface area (Å²) >= 11 is 0. The van der Waals surface area contributed by atoms with E-state index in [1.54, 1.807) is 0 Å². The van der Waals surface area contributed by atoms with Gasteiger partial charge in [-0.25, -0.2) is 0 Å². The predicted octanol–water partition coefficient (Wildman–Crippen LogP) is 7.11. The molecule has 2 atom stereocenters. The third-order valence-corrected chi connectivity index (χ3v) is 6.00. The second kappa shape index (κ2) is 16.9. The molecule has 4 nitrogen and oxygen atoms in total. The van der Waals surface area contributed by atoms with Crippen LogP contribution in [-0.4, -0.2) is 22.2 Å². The van der Waals surface area contributed by atoms with Gasteiger partial charge >= 0.3 is 11.9 Å². The zero-order valence-electron chi connectivity index (χ0n) is 18.9. The van der Waals surface area contributed by atoms with Crippen molar-refractivity contribution in [2.24, 2.45) is 11.8 Å². The molecule has 0 fully saturated rings. The van der Waals surface area contributed by atoms with E-state index in [-0.39, 0.29) is 6.42 Å². The van der Waals surface area contributed by atoms with E-state index >= 15 is 0 Å². The Kier molecular flexibility index (Phi) is 14.8. The normalized spacial score (nSPS) is 13.1. The third-order valence-electron chi connectivity index (χ3n) is 6.00. The van der Waals surface area contributed by atoms with E-state index in [0.29, 0.717) is 12.8 Å². The number of benzene rings is 1. The zero-order chi connectivity index (χ0) is 22.0. The Hall–Kier alpha value is -1.84. The van der Waals surface area contributed by atoms with Crippen LogP contribution in [0.1, 0.15) is 102 Å². The Morgan fingerprint density at radius 3 is 1.63 bits per heavy atom. The number of rotatable bonds is 19. The van der Waals surface area contributed by atoms with Gasteiger partial charge < -0.3 is 10.2 Å². The third kappa shape index (κ3) is 12.7. The van der Waals surface area contributed by atoms with Crippen LogP contribution in [0.4, 0.5) is 0 Å². The number of hydrogen-bond donors (Lipinski definition) is 2. The molecule has 0 saturated carbocycles. The number of hydrogen-bond acceptors (Lipinski definition) is 2. The Balaban J connectivity index is 2.20. The highest BCUT2D eigenvalue weighted by Gasteiger charge is 2.26. The molecule has 0 bridgehead atoms. The van der Waals surface area contributed by atoms with Crippen molar-refractivity contribution in [2.75, 3.05) is 0 Å². The van der Waals surface area contributed by atoms with Gasteiger partial charge in [0.25, 0.3) is 0 Å². The number of carboxylic acid groups (broad SMARTS) is 2. The molecule has 0 aliphatic heterocycles. The highest BCUT2D eigenvalue weighted by molar-refractivity contribution is 5.74. The average Bonchev–Trinajstić information content (AvgIpc) is 2.73. The van der Waals surface area contributed by atoms with Crippen molar-refractivity contribution >= 4 is 11.9 Å². The largest absolute Gasteiger partial charge is 0.481 e. The van der Waals surface area contributed by atoms with Gasteiger partial charge in [-0.05, 0) is 24.8 Å². The molecule has 1 rings (SSSR count). The van der Waals surface area contributed by atoms with Gasteiger partial charge in [0.05, 0.1) is 11.8 Å². The average molecular weight is 419 g/mol. The molecule has 1 aromatic rings. The van der Waals surface area contributed by atoms with Crippen molar-refractivity contribution in [3.8, 4) is 0 Å². The summed E-state index contributed by atoms with van der Waals surface area (Å²) < 4.78 is 0. The van der Waals surface area contributed by atoms with Gasteiger partial charge in [-0.15, -0.1) is 0 Å². The first-order valence-electron chi connectivity index (χ1n) is 12.0. The quantitative estimate of drug-likeness (QED) is 0.235. The van der Waals surface area contributed by atoms with Crippen molar-refractivity contribution in [2.45, 2.75) is 103 Å². The van der Waals surface area contributed by atoms with Crippen LogP contribution >= 0.6 is 0 Å². The van der Waals surface area contributed by atoms with Gasteiger partial charge in [0, 0.05) is 0 Å². The topological polar surface area (TPSA) is 74.6 Å². The summed E-state index contributed by atoms with van der Waals surface area (Å²) in [6.07, 6.45) is 16.1. The van der Waals surface area contributed by atoms with Gasteiger partial charge in [0.1, 0.15) is 0 Å². The first-order valence-corrected chi connectivity index (χ1v) is 12.0. The molecule has 0 aliphatic rings. The molecule has 0 amide bonds. The second-order valence-corrected chi connectivity index (χ2v) is 8.67. The minimum atomic E-state index is -0.903. The SMILES string of the molecule is CCCCCCCCCCCCCCC(CC(Cc1ccccc1)C(=O)O)C(=O)O. The molecule has 2 unspecified atom stereocenters. The van der Waals surface area contributed by atoms with Crippen LogP contribution in [0.25, 0.3) is 0 Å². The van der Waals surface area contributed by atoms with E-state index < -0.39 is 23.8 Å². The first-order chi connectivity index (χ1) is 14.5. The Morgan fingerprint density at radius 1 is 0.700 bits per heavy atom. The predicted molar refractivity (Wildman–Crippen MR) is 123 cm³/mol. The number of aliphatic carboxylic acids is 2. The minimum absolute atomic E-state index is 0.206. The number of carboxylic acids is 2. The maximum absolute atomic E-state index is 11.6. The summed E-state index contributed by atoms with van der Waals surface area (Å²) in [6, 6.07) is 9.46. The van der Waals surface area contributed by atoms with Crippen LogP contribution in [0.3, 0.4) is 0 Å². The fraction of sp³-hybridized carbons (Fsp3) is 0.692. The molecule has 170 valence electrons. The van der Waals surface area contributed by atoms with E-state index in [1.807, 2.05) is 30.3 Å². The highest BCUT2D eigenvalue weighted by atomic mass is 16.4. The first kappa shape index (κ1) is 26.2. The molecule has 2 N–H and O–H groups in total. The van der Waals surface area contributed by atoms with Crippen LogP contribution in [-0.2, 0) is 16.0 Å². The molecular formula is C26H42O4. The van der Waals surface area contributed by atoms with Gasteiger partial charge in [-0.3, -0.25) is 9.59 Å². The van der Waals surface area contributed by atoms with Gasteiger partial charge in [-0.1, -0.05) is 114 Å². The van der Waals surface area contributed by atoms with Crippen LogP contribution in [0.2, 0.25) is 0 Å². The minimum Gasteiger partial charge on any atom is -0.481 e.